The number of amides is 1. The quantitative estimate of drug-likeness (QED) is 0.829. The molecule has 1 aromatic heterocycles. The normalized spacial score (nSPS) is 12.8. The molecule has 3 nitrogen and oxygen atoms in total. The SMILES string of the molecule is CC(C)CC(C)NC(=O)c1cc(Cl)nc(C(C)C)c1. The molecule has 1 atom stereocenters. The molecule has 1 amide bonds. The first-order valence-corrected chi connectivity index (χ1v) is 7.15. The Morgan fingerprint density at radius 2 is 1.89 bits per heavy atom. The summed E-state index contributed by atoms with van der Waals surface area (Å²) in [6.07, 6.45) is 0.960. The van der Waals surface area contributed by atoms with Crippen molar-refractivity contribution in [3.63, 3.8) is 0 Å². The highest BCUT2D eigenvalue weighted by atomic mass is 35.5. The van der Waals surface area contributed by atoms with Gasteiger partial charge >= 0.3 is 0 Å². The van der Waals surface area contributed by atoms with Crippen LogP contribution < -0.4 is 5.32 Å². The van der Waals surface area contributed by atoms with Gasteiger partial charge in [-0.2, -0.15) is 0 Å². The third kappa shape index (κ3) is 5.19. The van der Waals surface area contributed by atoms with Crippen LogP contribution in [0.25, 0.3) is 0 Å². The zero-order valence-electron chi connectivity index (χ0n) is 12.3. The summed E-state index contributed by atoms with van der Waals surface area (Å²) in [7, 11) is 0. The summed E-state index contributed by atoms with van der Waals surface area (Å²) < 4.78 is 0. The number of halogens is 1. The number of carbonyl (C=O) groups is 1. The molecule has 1 heterocycles. The fourth-order valence-corrected chi connectivity index (χ4v) is 2.23. The predicted octanol–water partition coefficient (Wildman–Crippen LogP) is 4.02. The Morgan fingerprint density at radius 3 is 2.42 bits per heavy atom. The van der Waals surface area contributed by atoms with Gasteiger partial charge in [0.2, 0.25) is 0 Å². The monoisotopic (exact) mass is 282 g/mol. The van der Waals surface area contributed by atoms with Crippen LogP contribution in [0.2, 0.25) is 5.15 Å². The van der Waals surface area contributed by atoms with Crippen molar-refractivity contribution in [2.24, 2.45) is 5.92 Å². The summed E-state index contributed by atoms with van der Waals surface area (Å²) in [6, 6.07) is 3.58. The second-order valence-electron chi connectivity index (χ2n) is 5.76. The van der Waals surface area contributed by atoms with E-state index in [4.69, 9.17) is 11.6 Å². The summed E-state index contributed by atoms with van der Waals surface area (Å²) in [5.41, 5.74) is 1.42. The third-order valence-corrected chi connectivity index (χ3v) is 3.06. The van der Waals surface area contributed by atoms with Crippen LogP contribution in [0.15, 0.2) is 12.1 Å². The van der Waals surface area contributed by atoms with Crippen LogP contribution in [-0.4, -0.2) is 16.9 Å². The van der Waals surface area contributed by atoms with Gasteiger partial charge in [0.15, 0.2) is 0 Å². The van der Waals surface area contributed by atoms with Gasteiger partial charge in [-0.1, -0.05) is 39.3 Å². The zero-order chi connectivity index (χ0) is 14.6. The molecular formula is C15H23ClN2O. The van der Waals surface area contributed by atoms with Crippen molar-refractivity contribution < 1.29 is 4.79 Å². The van der Waals surface area contributed by atoms with Crippen LogP contribution in [0.4, 0.5) is 0 Å². The largest absolute Gasteiger partial charge is 0.350 e. The molecule has 0 saturated heterocycles. The minimum absolute atomic E-state index is 0.0839. The number of nitrogens with one attached hydrogen (secondary N) is 1. The van der Waals surface area contributed by atoms with E-state index in [-0.39, 0.29) is 17.9 Å². The van der Waals surface area contributed by atoms with E-state index in [1.165, 1.54) is 0 Å². The molecule has 1 rings (SSSR count). The van der Waals surface area contributed by atoms with E-state index in [1.54, 1.807) is 6.07 Å². The highest BCUT2D eigenvalue weighted by Gasteiger charge is 2.14. The lowest BCUT2D eigenvalue weighted by atomic mass is 10.0. The molecule has 19 heavy (non-hydrogen) atoms. The molecule has 0 aliphatic heterocycles. The summed E-state index contributed by atoms with van der Waals surface area (Å²) in [5, 5.41) is 3.36. The topological polar surface area (TPSA) is 42.0 Å². The molecule has 0 radical (unpaired) electrons. The standard InChI is InChI=1S/C15H23ClN2O/c1-9(2)6-11(5)17-15(19)12-7-13(10(3)4)18-14(16)8-12/h7-11H,6H2,1-5H3,(H,17,19). The van der Waals surface area contributed by atoms with Gasteiger partial charge in [0.05, 0.1) is 0 Å². The second kappa shape index (κ2) is 6.90. The maximum atomic E-state index is 12.2. The Balaban J connectivity index is 2.82. The predicted molar refractivity (Wildman–Crippen MR) is 79.7 cm³/mol. The summed E-state index contributed by atoms with van der Waals surface area (Å²) in [5.74, 6) is 0.722. The molecule has 1 unspecified atom stereocenters. The van der Waals surface area contributed by atoms with Crippen LogP contribution in [-0.2, 0) is 0 Å². The molecular weight excluding hydrogens is 260 g/mol. The Hall–Kier alpha value is -1.09. The van der Waals surface area contributed by atoms with Crippen molar-refractivity contribution in [3.05, 3.63) is 28.5 Å². The number of hydrogen-bond donors (Lipinski definition) is 1. The van der Waals surface area contributed by atoms with Crippen molar-refractivity contribution in [1.29, 1.82) is 0 Å². The van der Waals surface area contributed by atoms with E-state index >= 15 is 0 Å². The molecule has 1 aromatic rings. The van der Waals surface area contributed by atoms with E-state index in [0.717, 1.165) is 12.1 Å². The van der Waals surface area contributed by atoms with Gasteiger partial charge in [0.1, 0.15) is 5.15 Å². The Bertz CT molecular complexity index is 444. The lowest BCUT2D eigenvalue weighted by Crippen LogP contribution is -2.33. The van der Waals surface area contributed by atoms with Gasteiger partial charge in [-0.15, -0.1) is 0 Å². The Morgan fingerprint density at radius 1 is 1.26 bits per heavy atom. The van der Waals surface area contributed by atoms with Gasteiger partial charge < -0.3 is 5.32 Å². The van der Waals surface area contributed by atoms with Gasteiger partial charge in [-0.3, -0.25) is 4.79 Å². The molecule has 0 bridgehead atoms. The first-order valence-electron chi connectivity index (χ1n) is 6.78. The second-order valence-corrected chi connectivity index (χ2v) is 6.15. The van der Waals surface area contributed by atoms with E-state index < -0.39 is 0 Å². The van der Waals surface area contributed by atoms with Crippen molar-refractivity contribution in [2.75, 3.05) is 0 Å². The Kier molecular flexibility index (Phi) is 5.80. The number of carbonyl (C=O) groups excluding carboxylic acids is 1. The number of hydrogen-bond acceptors (Lipinski definition) is 2. The van der Waals surface area contributed by atoms with Crippen molar-refractivity contribution in [3.8, 4) is 0 Å². The fourth-order valence-electron chi connectivity index (χ4n) is 2.02. The number of pyridine rings is 1. The lowest BCUT2D eigenvalue weighted by molar-refractivity contribution is 0.0936. The fraction of sp³-hybridized carbons (Fsp3) is 0.600. The Labute approximate surface area is 120 Å². The molecule has 0 fully saturated rings. The minimum Gasteiger partial charge on any atom is -0.350 e. The molecule has 4 heteroatoms. The van der Waals surface area contributed by atoms with Crippen LogP contribution in [0.5, 0.6) is 0 Å². The smallest absolute Gasteiger partial charge is 0.251 e. The molecule has 106 valence electrons. The molecule has 0 aliphatic carbocycles. The van der Waals surface area contributed by atoms with Crippen LogP contribution in [0, 0.1) is 5.92 Å². The van der Waals surface area contributed by atoms with E-state index in [9.17, 15) is 4.79 Å². The third-order valence-electron chi connectivity index (χ3n) is 2.87. The highest BCUT2D eigenvalue weighted by Crippen LogP contribution is 2.18. The summed E-state index contributed by atoms with van der Waals surface area (Å²) in [4.78, 5) is 16.4. The number of aromatic nitrogens is 1. The van der Waals surface area contributed by atoms with E-state index in [0.29, 0.717) is 16.6 Å². The average Bonchev–Trinajstić information content (AvgIpc) is 2.26. The molecule has 1 N–H and O–H groups in total. The van der Waals surface area contributed by atoms with Crippen molar-refractivity contribution in [2.45, 2.75) is 53.0 Å². The summed E-state index contributed by atoms with van der Waals surface area (Å²) in [6.45, 7) is 10.4. The van der Waals surface area contributed by atoms with Crippen LogP contribution in [0.3, 0.4) is 0 Å². The molecule has 0 spiro atoms. The molecule has 0 saturated carbocycles. The molecule has 0 aromatic carbocycles. The van der Waals surface area contributed by atoms with Gasteiger partial charge in [-0.25, -0.2) is 4.98 Å². The minimum atomic E-state index is -0.0839. The van der Waals surface area contributed by atoms with E-state index in [1.807, 2.05) is 26.8 Å². The maximum absolute atomic E-state index is 12.2. The van der Waals surface area contributed by atoms with Crippen LogP contribution >= 0.6 is 11.6 Å². The van der Waals surface area contributed by atoms with Crippen molar-refractivity contribution >= 4 is 17.5 Å². The van der Waals surface area contributed by atoms with Gasteiger partial charge in [0, 0.05) is 17.3 Å². The van der Waals surface area contributed by atoms with Crippen LogP contribution in [0.1, 0.15) is 63.0 Å². The van der Waals surface area contributed by atoms with Crippen molar-refractivity contribution in [1.82, 2.24) is 10.3 Å². The van der Waals surface area contributed by atoms with Gasteiger partial charge in [0.25, 0.3) is 5.91 Å². The highest BCUT2D eigenvalue weighted by molar-refractivity contribution is 6.29. The summed E-state index contributed by atoms with van der Waals surface area (Å²) >= 11 is 5.97. The lowest BCUT2D eigenvalue weighted by Gasteiger charge is -2.16. The number of nitrogens with zero attached hydrogens (tertiary/aromatic N) is 1. The zero-order valence-corrected chi connectivity index (χ0v) is 13.1. The van der Waals surface area contributed by atoms with Gasteiger partial charge in [-0.05, 0) is 37.3 Å². The van der Waals surface area contributed by atoms with E-state index in [2.05, 4.69) is 24.1 Å². The average molecular weight is 283 g/mol. The first-order chi connectivity index (χ1) is 8.79. The first kappa shape index (κ1) is 16.0. The number of rotatable bonds is 5. The molecule has 0 aliphatic rings. The maximum Gasteiger partial charge on any atom is 0.251 e.